The molecule has 0 saturated carbocycles. The maximum Gasteiger partial charge on any atom is 0.181 e. The topological polar surface area (TPSA) is 34.1 Å². The van der Waals surface area contributed by atoms with Crippen molar-refractivity contribution in [2.45, 2.75) is 23.0 Å². The molecular weight excluding hydrogens is 244 g/mol. The van der Waals surface area contributed by atoms with Crippen LogP contribution in [0.5, 0.6) is 0 Å². The fourth-order valence-electron chi connectivity index (χ4n) is 1.71. The second kappa shape index (κ2) is 6.36. The molecule has 0 N–H and O–H groups in total. The van der Waals surface area contributed by atoms with Crippen molar-refractivity contribution in [3.63, 3.8) is 0 Å². The number of allylic oxidation sites excluding steroid dienone is 2. The zero-order valence-electron chi connectivity index (χ0n) is 10.4. The van der Waals surface area contributed by atoms with E-state index in [9.17, 15) is 8.42 Å². The minimum atomic E-state index is -3.33. The third-order valence-corrected chi connectivity index (χ3v) is 4.93. The van der Waals surface area contributed by atoms with Crippen LogP contribution in [-0.2, 0) is 9.84 Å². The van der Waals surface area contributed by atoms with Crippen molar-refractivity contribution >= 4 is 15.9 Å². The van der Waals surface area contributed by atoms with Crippen molar-refractivity contribution in [2.75, 3.05) is 0 Å². The van der Waals surface area contributed by atoms with Crippen LogP contribution in [0.15, 0.2) is 61.0 Å². The Balaban J connectivity index is 3.12. The van der Waals surface area contributed by atoms with E-state index in [1.165, 1.54) is 0 Å². The van der Waals surface area contributed by atoms with Gasteiger partial charge in [0.15, 0.2) is 9.84 Å². The lowest BCUT2D eigenvalue weighted by atomic mass is 10.2. The molecule has 0 aliphatic heterocycles. The predicted octanol–water partition coefficient (Wildman–Crippen LogP) is 3.62. The Morgan fingerprint density at radius 1 is 1.00 bits per heavy atom. The lowest BCUT2D eigenvalue weighted by Gasteiger charge is -2.14. The molecular formula is C15H18O2S. The van der Waals surface area contributed by atoms with Gasteiger partial charge in [-0.2, -0.15) is 0 Å². The molecule has 1 aromatic carbocycles. The van der Waals surface area contributed by atoms with Gasteiger partial charge in [-0.25, -0.2) is 8.42 Å². The van der Waals surface area contributed by atoms with Crippen LogP contribution in [0.2, 0.25) is 0 Å². The summed E-state index contributed by atoms with van der Waals surface area (Å²) in [6, 6.07) is 6.73. The van der Waals surface area contributed by atoms with Crippen LogP contribution in [0.1, 0.15) is 18.4 Å². The van der Waals surface area contributed by atoms with Gasteiger partial charge in [-0.05, 0) is 30.5 Å². The summed E-state index contributed by atoms with van der Waals surface area (Å²) in [7, 11) is -3.33. The number of hydrogen-bond donors (Lipinski definition) is 0. The molecule has 96 valence electrons. The van der Waals surface area contributed by atoms with E-state index in [2.05, 4.69) is 19.7 Å². The highest BCUT2D eigenvalue weighted by atomic mass is 32.2. The normalized spacial score (nSPS) is 11.2. The second-order valence-electron chi connectivity index (χ2n) is 3.99. The molecule has 0 amide bonds. The van der Waals surface area contributed by atoms with Crippen LogP contribution in [-0.4, -0.2) is 13.7 Å². The molecule has 2 nitrogen and oxygen atoms in total. The predicted molar refractivity (Wildman–Crippen MR) is 77.1 cm³/mol. The van der Waals surface area contributed by atoms with Gasteiger partial charge in [-0.3, -0.25) is 0 Å². The smallest absolute Gasteiger partial charge is 0.181 e. The molecule has 18 heavy (non-hydrogen) atoms. The largest absolute Gasteiger partial charge is 0.223 e. The van der Waals surface area contributed by atoms with Crippen molar-refractivity contribution in [3.8, 4) is 0 Å². The Hall–Kier alpha value is -1.61. The first-order valence-electron chi connectivity index (χ1n) is 5.74. The Bertz CT molecular complexity index is 514. The molecule has 0 unspecified atom stereocenters. The third kappa shape index (κ3) is 3.20. The van der Waals surface area contributed by atoms with Crippen molar-refractivity contribution in [1.29, 1.82) is 0 Å². The van der Waals surface area contributed by atoms with Gasteiger partial charge < -0.3 is 0 Å². The SMILES string of the molecule is C=CCC(CC=C)S(=O)(=O)c1ccc(C=C)cc1. The third-order valence-electron chi connectivity index (χ3n) is 2.74. The minimum absolute atomic E-state index is 0.335. The number of benzene rings is 1. The first kappa shape index (κ1) is 14.5. The van der Waals surface area contributed by atoms with Crippen LogP contribution < -0.4 is 0 Å². The first-order chi connectivity index (χ1) is 8.56. The van der Waals surface area contributed by atoms with Crippen molar-refractivity contribution in [2.24, 2.45) is 0 Å². The summed E-state index contributed by atoms with van der Waals surface area (Å²) >= 11 is 0. The highest BCUT2D eigenvalue weighted by molar-refractivity contribution is 7.92. The number of sulfone groups is 1. The van der Waals surface area contributed by atoms with Crippen molar-refractivity contribution < 1.29 is 8.42 Å². The Morgan fingerprint density at radius 3 is 1.89 bits per heavy atom. The summed E-state index contributed by atoms with van der Waals surface area (Å²) in [6.45, 7) is 10.9. The van der Waals surface area contributed by atoms with Crippen molar-refractivity contribution in [3.05, 3.63) is 61.7 Å². The maximum absolute atomic E-state index is 12.4. The lowest BCUT2D eigenvalue weighted by molar-refractivity contribution is 0.579. The van der Waals surface area contributed by atoms with Gasteiger partial charge >= 0.3 is 0 Å². The number of hydrogen-bond acceptors (Lipinski definition) is 2. The van der Waals surface area contributed by atoms with E-state index in [1.807, 2.05) is 0 Å². The summed E-state index contributed by atoms with van der Waals surface area (Å²) in [6.07, 6.45) is 5.80. The van der Waals surface area contributed by atoms with Gasteiger partial charge in [0, 0.05) is 0 Å². The summed E-state index contributed by atoms with van der Waals surface area (Å²) in [5.41, 5.74) is 0.901. The summed E-state index contributed by atoms with van der Waals surface area (Å²) in [5, 5.41) is -0.484. The summed E-state index contributed by atoms with van der Waals surface area (Å²) in [4.78, 5) is 0.335. The molecule has 0 radical (unpaired) electrons. The van der Waals surface area contributed by atoms with Gasteiger partial charge in [0.05, 0.1) is 10.1 Å². The van der Waals surface area contributed by atoms with E-state index in [4.69, 9.17) is 0 Å². The maximum atomic E-state index is 12.4. The van der Waals surface area contributed by atoms with E-state index < -0.39 is 15.1 Å². The standard InChI is InChI=1S/C15H18O2S/c1-4-7-14(8-5-2)18(16,17)15-11-9-13(6-3)10-12-15/h4-6,9-12,14H,1-3,7-8H2. The number of rotatable bonds is 7. The molecule has 1 rings (SSSR count). The summed E-state index contributed by atoms with van der Waals surface area (Å²) < 4.78 is 24.8. The van der Waals surface area contributed by atoms with Crippen LogP contribution in [0, 0.1) is 0 Å². The molecule has 0 aromatic heterocycles. The molecule has 0 aliphatic rings. The van der Waals surface area contributed by atoms with E-state index in [1.54, 1.807) is 42.5 Å². The molecule has 0 aliphatic carbocycles. The Labute approximate surface area is 109 Å². The van der Waals surface area contributed by atoms with E-state index >= 15 is 0 Å². The molecule has 0 spiro atoms. The monoisotopic (exact) mass is 262 g/mol. The molecule has 0 saturated heterocycles. The quantitative estimate of drug-likeness (QED) is 0.703. The van der Waals surface area contributed by atoms with Crippen LogP contribution in [0.25, 0.3) is 6.08 Å². The Morgan fingerprint density at radius 2 is 1.50 bits per heavy atom. The van der Waals surface area contributed by atoms with Crippen LogP contribution in [0.3, 0.4) is 0 Å². The van der Waals surface area contributed by atoms with Gasteiger partial charge in [0.2, 0.25) is 0 Å². The first-order valence-corrected chi connectivity index (χ1v) is 7.29. The fraction of sp³-hybridized carbons (Fsp3) is 0.200. The minimum Gasteiger partial charge on any atom is -0.223 e. The summed E-state index contributed by atoms with van der Waals surface area (Å²) in [5.74, 6) is 0. The molecule has 0 fully saturated rings. The average Bonchev–Trinajstić information content (AvgIpc) is 2.38. The van der Waals surface area contributed by atoms with E-state index in [0.29, 0.717) is 17.7 Å². The Kier molecular flexibility index (Phi) is 5.10. The van der Waals surface area contributed by atoms with Gasteiger partial charge in [-0.1, -0.05) is 36.9 Å². The fourth-order valence-corrected chi connectivity index (χ4v) is 3.39. The van der Waals surface area contributed by atoms with E-state index in [-0.39, 0.29) is 0 Å². The zero-order chi connectivity index (χ0) is 13.6. The molecule has 0 bridgehead atoms. The highest BCUT2D eigenvalue weighted by Crippen LogP contribution is 2.22. The molecule has 3 heteroatoms. The second-order valence-corrected chi connectivity index (χ2v) is 6.22. The van der Waals surface area contributed by atoms with Crippen LogP contribution >= 0.6 is 0 Å². The average molecular weight is 262 g/mol. The van der Waals surface area contributed by atoms with E-state index in [0.717, 1.165) is 5.56 Å². The molecule has 0 atom stereocenters. The van der Waals surface area contributed by atoms with Gasteiger partial charge in [0.1, 0.15) is 0 Å². The molecule has 1 aromatic rings. The van der Waals surface area contributed by atoms with Crippen LogP contribution in [0.4, 0.5) is 0 Å². The zero-order valence-corrected chi connectivity index (χ0v) is 11.2. The molecule has 0 heterocycles. The van der Waals surface area contributed by atoms with Crippen molar-refractivity contribution in [1.82, 2.24) is 0 Å². The highest BCUT2D eigenvalue weighted by Gasteiger charge is 2.24. The van der Waals surface area contributed by atoms with Gasteiger partial charge in [0.25, 0.3) is 0 Å². The van der Waals surface area contributed by atoms with Gasteiger partial charge in [-0.15, -0.1) is 13.2 Å². The lowest BCUT2D eigenvalue weighted by Crippen LogP contribution is -2.20.